The first kappa shape index (κ1) is 17.9. The summed E-state index contributed by atoms with van der Waals surface area (Å²) in [6.45, 7) is 4.49. The van der Waals surface area contributed by atoms with Crippen LogP contribution in [0.2, 0.25) is 0 Å². The van der Waals surface area contributed by atoms with Crippen molar-refractivity contribution in [2.45, 2.75) is 64.7 Å². The predicted molar refractivity (Wildman–Crippen MR) is 101 cm³/mol. The Morgan fingerprint density at radius 1 is 1.12 bits per heavy atom. The lowest BCUT2D eigenvalue weighted by Gasteiger charge is -2.55. The molecule has 0 spiro atoms. The summed E-state index contributed by atoms with van der Waals surface area (Å²) in [6.07, 6.45) is 7.42. The van der Waals surface area contributed by atoms with Crippen molar-refractivity contribution >= 4 is 28.3 Å². The molecule has 0 radical (unpaired) electrons. The van der Waals surface area contributed by atoms with Gasteiger partial charge in [-0.2, -0.15) is 0 Å². The van der Waals surface area contributed by atoms with Gasteiger partial charge in [0.1, 0.15) is 5.01 Å². The average Bonchev–Trinajstić information content (AvgIpc) is 3.02. The van der Waals surface area contributed by atoms with Crippen molar-refractivity contribution in [3.63, 3.8) is 0 Å². The number of rotatable bonds is 6. The molecule has 4 saturated carbocycles. The molecule has 1 aromatic heterocycles. The smallest absolute Gasteiger partial charge is 0.227 e. The molecule has 26 heavy (non-hydrogen) atoms. The normalized spacial score (nSPS) is 32.0. The minimum atomic E-state index is -0.142. The van der Waals surface area contributed by atoms with E-state index in [2.05, 4.69) is 20.8 Å². The highest BCUT2D eigenvalue weighted by Gasteiger charge is 2.54. The molecule has 0 unspecified atom stereocenters. The van der Waals surface area contributed by atoms with Crippen LogP contribution >= 0.6 is 11.3 Å². The average molecular weight is 377 g/mol. The molecule has 4 aliphatic carbocycles. The fourth-order valence-corrected chi connectivity index (χ4v) is 6.33. The molecule has 142 valence electrons. The van der Waals surface area contributed by atoms with E-state index >= 15 is 0 Å². The van der Waals surface area contributed by atoms with Crippen LogP contribution < -0.4 is 10.6 Å². The van der Waals surface area contributed by atoms with Crippen LogP contribution in [0.1, 0.15) is 69.7 Å². The molecule has 4 bridgehead atoms. The maximum atomic E-state index is 12.9. The van der Waals surface area contributed by atoms with Crippen LogP contribution in [0.15, 0.2) is 0 Å². The van der Waals surface area contributed by atoms with E-state index in [0.29, 0.717) is 17.6 Å². The SMILES string of the molecule is CC(C)c1nnc(NC(=O)CCNC(=O)C23CC4CC(CC(C4)C2)C3)s1. The quantitative estimate of drug-likeness (QED) is 0.798. The van der Waals surface area contributed by atoms with Gasteiger partial charge in [-0.05, 0) is 56.3 Å². The van der Waals surface area contributed by atoms with Crippen molar-refractivity contribution in [3.8, 4) is 0 Å². The van der Waals surface area contributed by atoms with E-state index in [0.717, 1.165) is 42.0 Å². The second kappa shape index (κ2) is 6.91. The minimum absolute atomic E-state index is 0.123. The van der Waals surface area contributed by atoms with Crippen molar-refractivity contribution in [3.05, 3.63) is 5.01 Å². The van der Waals surface area contributed by atoms with E-state index in [1.165, 1.54) is 30.6 Å². The summed E-state index contributed by atoms with van der Waals surface area (Å²) >= 11 is 1.41. The molecular weight excluding hydrogens is 348 g/mol. The Kier molecular flexibility index (Phi) is 4.75. The first-order valence-electron chi connectivity index (χ1n) is 9.85. The molecule has 1 aromatic rings. The third kappa shape index (κ3) is 3.50. The molecule has 2 amide bonds. The van der Waals surface area contributed by atoms with Gasteiger partial charge in [-0.25, -0.2) is 0 Å². The Balaban J connectivity index is 1.25. The van der Waals surface area contributed by atoms with E-state index in [-0.39, 0.29) is 23.7 Å². The van der Waals surface area contributed by atoms with Gasteiger partial charge in [0.2, 0.25) is 16.9 Å². The van der Waals surface area contributed by atoms with E-state index in [1.54, 1.807) is 0 Å². The summed E-state index contributed by atoms with van der Waals surface area (Å²) in [5.74, 6) is 2.62. The van der Waals surface area contributed by atoms with E-state index in [4.69, 9.17) is 0 Å². The summed E-state index contributed by atoms with van der Waals surface area (Å²) in [5.41, 5.74) is -0.142. The van der Waals surface area contributed by atoms with Gasteiger partial charge in [0.15, 0.2) is 0 Å². The zero-order valence-electron chi connectivity index (χ0n) is 15.6. The van der Waals surface area contributed by atoms with Gasteiger partial charge in [-0.1, -0.05) is 25.2 Å². The second-order valence-corrected chi connectivity index (χ2v) is 9.86. The number of anilines is 1. The Morgan fingerprint density at radius 2 is 1.73 bits per heavy atom. The highest BCUT2D eigenvalue weighted by atomic mass is 32.1. The lowest BCUT2D eigenvalue weighted by atomic mass is 9.49. The fourth-order valence-electron chi connectivity index (χ4n) is 5.57. The maximum absolute atomic E-state index is 12.9. The number of aromatic nitrogens is 2. The molecule has 4 aliphatic rings. The highest BCUT2D eigenvalue weighted by Crippen LogP contribution is 2.60. The van der Waals surface area contributed by atoms with E-state index in [1.807, 2.05) is 13.8 Å². The Labute approximate surface area is 158 Å². The van der Waals surface area contributed by atoms with Crippen LogP contribution in [0.3, 0.4) is 0 Å². The molecule has 2 N–H and O–H groups in total. The summed E-state index contributed by atoms with van der Waals surface area (Å²) in [5, 5.41) is 15.3. The molecule has 7 heteroatoms. The van der Waals surface area contributed by atoms with Crippen LogP contribution in [0.25, 0.3) is 0 Å². The zero-order valence-corrected chi connectivity index (χ0v) is 16.4. The molecule has 4 fully saturated rings. The Morgan fingerprint density at radius 3 is 2.27 bits per heavy atom. The van der Waals surface area contributed by atoms with Crippen molar-refractivity contribution in [2.24, 2.45) is 23.2 Å². The molecule has 6 nitrogen and oxygen atoms in total. The van der Waals surface area contributed by atoms with Crippen LogP contribution in [0, 0.1) is 23.2 Å². The standard InChI is InChI=1S/C19H28N4O2S/c1-11(2)16-22-23-18(26-16)21-15(24)3-4-20-17(25)19-8-12-5-13(9-19)7-14(6-12)10-19/h11-14H,3-10H2,1-2H3,(H,20,25)(H,21,23,24). The largest absolute Gasteiger partial charge is 0.355 e. The summed E-state index contributed by atoms with van der Waals surface area (Å²) in [7, 11) is 0. The van der Waals surface area contributed by atoms with Gasteiger partial charge in [-0.15, -0.1) is 10.2 Å². The molecule has 1 heterocycles. The number of carbonyl (C=O) groups is 2. The number of hydrogen-bond donors (Lipinski definition) is 2. The third-order valence-electron chi connectivity index (χ3n) is 6.34. The van der Waals surface area contributed by atoms with Gasteiger partial charge >= 0.3 is 0 Å². The molecule has 0 atom stereocenters. The minimum Gasteiger partial charge on any atom is -0.355 e. The first-order chi connectivity index (χ1) is 12.4. The molecule has 0 aliphatic heterocycles. The number of carbonyl (C=O) groups excluding carboxylic acids is 2. The van der Waals surface area contributed by atoms with Crippen LogP contribution in [-0.2, 0) is 9.59 Å². The Hall–Kier alpha value is -1.50. The zero-order chi connectivity index (χ0) is 18.3. The Bertz CT molecular complexity index is 664. The number of nitrogens with one attached hydrogen (secondary N) is 2. The molecule has 0 saturated heterocycles. The lowest BCUT2D eigenvalue weighted by molar-refractivity contribution is -0.146. The first-order valence-corrected chi connectivity index (χ1v) is 10.7. The molecule has 0 aromatic carbocycles. The van der Waals surface area contributed by atoms with Gasteiger partial charge in [0.05, 0.1) is 0 Å². The maximum Gasteiger partial charge on any atom is 0.227 e. The van der Waals surface area contributed by atoms with Crippen molar-refractivity contribution in [1.29, 1.82) is 0 Å². The second-order valence-electron chi connectivity index (χ2n) is 8.85. The summed E-state index contributed by atoms with van der Waals surface area (Å²) in [6, 6.07) is 0. The van der Waals surface area contributed by atoms with Crippen molar-refractivity contribution in [1.82, 2.24) is 15.5 Å². The summed E-state index contributed by atoms with van der Waals surface area (Å²) in [4.78, 5) is 24.9. The summed E-state index contributed by atoms with van der Waals surface area (Å²) < 4.78 is 0. The van der Waals surface area contributed by atoms with Gasteiger partial charge in [-0.3, -0.25) is 9.59 Å². The number of nitrogens with zero attached hydrogens (tertiary/aromatic N) is 2. The fraction of sp³-hybridized carbons (Fsp3) is 0.789. The van der Waals surface area contributed by atoms with Crippen LogP contribution in [0.5, 0.6) is 0 Å². The topological polar surface area (TPSA) is 84.0 Å². The number of amides is 2. The molecule has 5 rings (SSSR count). The monoisotopic (exact) mass is 376 g/mol. The van der Waals surface area contributed by atoms with Crippen molar-refractivity contribution in [2.75, 3.05) is 11.9 Å². The van der Waals surface area contributed by atoms with Crippen molar-refractivity contribution < 1.29 is 9.59 Å². The van der Waals surface area contributed by atoms with Gasteiger partial charge in [0.25, 0.3) is 0 Å². The lowest BCUT2D eigenvalue weighted by Crippen LogP contribution is -2.53. The van der Waals surface area contributed by atoms with Crippen LogP contribution in [0.4, 0.5) is 5.13 Å². The highest BCUT2D eigenvalue weighted by molar-refractivity contribution is 7.15. The van der Waals surface area contributed by atoms with Gasteiger partial charge in [0, 0.05) is 24.3 Å². The van der Waals surface area contributed by atoms with Crippen LogP contribution in [-0.4, -0.2) is 28.6 Å². The molecular formula is C19H28N4O2S. The predicted octanol–water partition coefficient (Wildman–Crippen LogP) is 3.32. The van der Waals surface area contributed by atoms with Gasteiger partial charge < -0.3 is 10.6 Å². The van der Waals surface area contributed by atoms with E-state index in [9.17, 15) is 9.59 Å². The third-order valence-corrected chi connectivity index (χ3v) is 7.48. The van der Waals surface area contributed by atoms with E-state index < -0.39 is 0 Å². The number of hydrogen-bond acceptors (Lipinski definition) is 5.